The summed E-state index contributed by atoms with van der Waals surface area (Å²) in [7, 11) is 0. The van der Waals surface area contributed by atoms with Crippen molar-refractivity contribution in [2.45, 2.75) is 59.0 Å². The molecule has 0 aliphatic heterocycles. The maximum atomic E-state index is 5.76. The summed E-state index contributed by atoms with van der Waals surface area (Å²) in [6, 6.07) is 1.52. The molecule has 0 aromatic heterocycles. The molecular weight excluding hydrogens is 184 g/mol. The van der Waals surface area contributed by atoms with Gasteiger partial charge in [0.15, 0.2) is 0 Å². The third kappa shape index (κ3) is 4.12. The lowest BCUT2D eigenvalue weighted by atomic mass is 10.0. The van der Waals surface area contributed by atoms with Gasteiger partial charge in [0.05, 0.1) is 0 Å². The summed E-state index contributed by atoms with van der Waals surface area (Å²) in [4.78, 5) is 2.69. The predicted molar refractivity (Wildman–Crippen MR) is 66.9 cm³/mol. The lowest BCUT2D eigenvalue weighted by molar-refractivity contribution is 0.147. The molecule has 0 amide bonds. The second-order valence-corrected chi connectivity index (χ2v) is 5.61. The van der Waals surface area contributed by atoms with Gasteiger partial charge in [0, 0.05) is 12.1 Å². The molecule has 0 aromatic carbocycles. The maximum Gasteiger partial charge on any atom is 0.0107 e. The Balaban J connectivity index is 2.41. The highest BCUT2D eigenvalue weighted by molar-refractivity contribution is 4.89. The normalized spacial score (nSPS) is 21.0. The molecule has 1 aliphatic rings. The molecule has 2 atom stereocenters. The van der Waals surface area contributed by atoms with E-state index < -0.39 is 0 Å². The molecular formula is C13H28N2. The SMILES string of the molecule is CC(C)CCN(C1CC1)C(C)C(C)CN. The van der Waals surface area contributed by atoms with Crippen LogP contribution >= 0.6 is 0 Å². The van der Waals surface area contributed by atoms with E-state index >= 15 is 0 Å². The first kappa shape index (κ1) is 13.0. The van der Waals surface area contributed by atoms with Crippen molar-refractivity contribution in [3.05, 3.63) is 0 Å². The van der Waals surface area contributed by atoms with Crippen LogP contribution in [0.3, 0.4) is 0 Å². The Hall–Kier alpha value is -0.0800. The Morgan fingerprint density at radius 1 is 1.20 bits per heavy atom. The van der Waals surface area contributed by atoms with Crippen molar-refractivity contribution in [3.63, 3.8) is 0 Å². The fourth-order valence-electron chi connectivity index (χ4n) is 2.06. The summed E-state index contributed by atoms with van der Waals surface area (Å²) in [5.41, 5.74) is 5.76. The minimum atomic E-state index is 0.623. The summed E-state index contributed by atoms with van der Waals surface area (Å²) < 4.78 is 0. The summed E-state index contributed by atoms with van der Waals surface area (Å²) in [5, 5.41) is 0. The van der Waals surface area contributed by atoms with Crippen molar-refractivity contribution < 1.29 is 0 Å². The molecule has 0 bridgehead atoms. The topological polar surface area (TPSA) is 29.3 Å². The van der Waals surface area contributed by atoms with Crippen LogP contribution in [-0.4, -0.2) is 30.1 Å². The van der Waals surface area contributed by atoms with Crippen molar-refractivity contribution in [2.24, 2.45) is 17.6 Å². The first-order valence-electron chi connectivity index (χ1n) is 6.52. The van der Waals surface area contributed by atoms with Gasteiger partial charge in [-0.1, -0.05) is 20.8 Å². The highest BCUT2D eigenvalue weighted by Crippen LogP contribution is 2.30. The largest absolute Gasteiger partial charge is 0.330 e. The molecule has 0 radical (unpaired) electrons. The van der Waals surface area contributed by atoms with E-state index in [0.29, 0.717) is 12.0 Å². The second-order valence-electron chi connectivity index (χ2n) is 5.61. The highest BCUT2D eigenvalue weighted by atomic mass is 15.2. The van der Waals surface area contributed by atoms with Gasteiger partial charge in [0.25, 0.3) is 0 Å². The molecule has 1 saturated carbocycles. The van der Waals surface area contributed by atoms with Crippen molar-refractivity contribution in [2.75, 3.05) is 13.1 Å². The zero-order chi connectivity index (χ0) is 11.4. The summed E-state index contributed by atoms with van der Waals surface area (Å²) in [6.07, 6.45) is 4.12. The number of hydrogen-bond acceptors (Lipinski definition) is 2. The zero-order valence-corrected chi connectivity index (χ0v) is 10.9. The third-order valence-electron chi connectivity index (χ3n) is 3.70. The molecule has 90 valence electrons. The molecule has 2 unspecified atom stereocenters. The van der Waals surface area contributed by atoms with Crippen LogP contribution in [0.2, 0.25) is 0 Å². The van der Waals surface area contributed by atoms with Crippen LogP contribution < -0.4 is 5.73 Å². The highest BCUT2D eigenvalue weighted by Gasteiger charge is 2.33. The van der Waals surface area contributed by atoms with Crippen molar-refractivity contribution >= 4 is 0 Å². The molecule has 15 heavy (non-hydrogen) atoms. The minimum Gasteiger partial charge on any atom is -0.330 e. The fourth-order valence-corrected chi connectivity index (χ4v) is 2.06. The Bertz CT molecular complexity index is 175. The minimum absolute atomic E-state index is 0.623. The number of rotatable bonds is 7. The van der Waals surface area contributed by atoms with Crippen LogP contribution in [0.4, 0.5) is 0 Å². The smallest absolute Gasteiger partial charge is 0.0107 e. The van der Waals surface area contributed by atoms with E-state index in [2.05, 4.69) is 32.6 Å². The van der Waals surface area contributed by atoms with Gasteiger partial charge in [-0.15, -0.1) is 0 Å². The fraction of sp³-hybridized carbons (Fsp3) is 1.00. The van der Waals surface area contributed by atoms with Gasteiger partial charge in [-0.05, 0) is 51.1 Å². The molecule has 2 N–H and O–H groups in total. The van der Waals surface area contributed by atoms with Crippen molar-refractivity contribution in [3.8, 4) is 0 Å². The van der Waals surface area contributed by atoms with Crippen LogP contribution in [-0.2, 0) is 0 Å². The van der Waals surface area contributed by atoms with E-state index in [0.717, 1.165) is 18.5 Å². The van der Waals surface area contributed by atoms with Gasteiger partial charge in [-0.3, -0.25) is 4.90 Å². The summed E-state index contributed by atoms with van der Waals surface area (Å²) >= 11 is 0. The van der Waals surface area contributed by atoms with E-state index in [9.17, 15) is 0 Å². The van der Waals surface area contributed by atoms with Gasteiger partial charge in [0.2, 0.25) is 0 Å². The van der Waals surface area contributed by atoms with Crippen LogP contribution in [0.25, 0.3) is 0 Å². The van der Waals surface area contributed by atoms with E-state index in [4.69, 9.17) is 5.73 Å². The van der Waals surface area contributed by atoms with Crippen LogP contribution in [0.1, 0.15) is 47.0 Å². The number of nitrogens with two attached hydrogens (primary N) is 1. The monoisotopic (exact) mass is 212 g/mol. The molecule has 1 aliphatic carbocycles. The second kappa shape index (κ2) is 5.86. The van der Waals surface area contributed by atoms with Gasteiger partial charge in [0.1, 0.15) is 0 Å². The molecule has 2 heteroatoms. The third-order valence-corrected chi connectivity index (χ3v) is 3.70. The number of nitrogens with zero attached hydrogens (tertiary/aromatic N) is 1. The molecule has 1 rings (SSSR count). The van der Waals surface area contributed by atoms with E-state index in [1.165, 1.54) is 25.8 Å². The van der Waals surface area contributed by atoms with Gasteiger partial charge in [-0.25, -0.2) is 0 Å². The standard InChI is InChI=1S/C13H28N2/c1-10(2)7-8-15(13-5-6-13)12(4)11(3)9-14/h10-13H,5-9,14H2,1-4H3. The first-order valence-corrected chi connectivity index (χ1v) is 6.52. The van der Waals surface area contributed by atoms with Crippen LogP contribution in [0.15, 0.2) is 0 Å². The van der Waals surface area contributed by atoms with Gasteiger partial charge < -0.3 is 5.73 Å². The van der Waals surface area contributed by atoms with Gasteiger partial charge >= 0.3 is 0 Å². The number of hydrogen-bond donors (Lipinski definition) is 1. The first-order chi connectivity index (χ1) is 7.06. The van der Waals surface area contributed by atoms with E-state index in [1.54, 1.807) is 0 Å². The Morgan fingerprint density at radius 2 is 1.80 bits per heavy atom. The Kier molecular flexibility index (Phi) is 5.07. The molecule has 1 fully saturated rings. The average molecular weight is 212 g/mol. The molecule has 0 heterocycles. The Labute approximate surface area is 95.2 Å². The summed E-state index contributed by atoms with van der Waals surface area (Å²) in [5.74, 6) is 1.43. The van der Waals surface area contributed by atoms with Crippen molar-refractivity contribution in [1.29, 1.82) is 0 Å². The molecule has 2 nitrogen and oxygen atoms in total. The maximum absolute atomic E-state index is 5.76. The summed E-state index contributed by atoms with van der Waals surface area (Å²) in [6.45, 7) is 11.3. The van der Waals surface area contributed by atoms with Gasteiger partial charge in [-0.2, -0.15) is 0 Å². The van der Waals surface area contributed by atoms with Crippen LogP contribution in [0.5, 0.6) is 0 Å². The quantitative estimate of drug-likeness (QED) is 0.702. The zero-order valence-electron chi connectivity index (χ0n) is 10.9. The van der Waals surface area contributed by atoms with E-state index in [1.807, 2.05) is 0 Å². The van der Waals surface area contributed by atoms with Crippen molar-refractivity contribution in [1.82, 2.24) is 4.90 Å². The lowest BCUT2D eigenvalue weighted by Gasteiger charge is -2.33. The molecule has 0 spiro atoms. The molecule has 0 aromatic rings. The predicted octanol–water partition coefficient (Wildman–Crippen LogP) is 2.48. The lowest BCUT2D eigenvalue weighted by Crippen LogP contribution is -2.42. The Morgan fingerprint density at radius 3 is 2.20 bits per heavy atom. The van der Waals surface area contributed by atoms with Crippen LogP contribution in [0, 0.1) is 11.8 Å². The molecule has 0 saturated heterocycles. The average Bonchev–Trinajstić information content (AvgIpc) is 3.00. The van der Waals surface area contributed by atoms with E-state index in [-0.39, 0.29) is 0 Å².